The highest BCUT2D eigenvalue weighted by Gasteiger charge is 2.42. The van der Waals surface area contributed by atoms with Crippen molar-refractivity contribution in [1.29, 1.82) is 0 Å². The van der Waals surface area contributed by atoms with Gasteiger partial charge in [0.05, 0.1) is 12.7 Å². The van der Waals surface area contributed by atoms with Crippen LogP contribution >= 0.6 is 0 Å². The molecule has 1 saturated heterocycles. The molecule has 1 aromatic rings. The Hall–Kier alpha value is -2.23. The number of aromatic nitrogens is 2. The molecule has 0 spiro atoms. The summed E-state index contributed by atoms with van der Waals surface area (Å²) >= 11 is 0. The van der Waals surface area contributed by atoms with Gasteiger partial charge in [-0.3, -0.25) is 9.88 Å². The molecule has 3 N–H and O–H groups in total. The highest BCUT2D eigenvalue weighted by molar-refractivity contribution is 5.85. The van der Waals surface area contributed by atoms with Gasteiger partial charge in [-0.1, -0.05) is 12.7 Å². The van der Waals surface area contributed by atoms with Crippen molar-refractivity contribution >= 4 is 18.0 Å². The molecular formula is C16H21N3O6. The maximum Gasteiger partial charge on any atom is 0.412 e. The van der Waals surface area contributed by atoms with Crippen LogP contribution in [-0.2, 0) is 9.47 Å². The van der Waals surface area contributed by atoms with Gasteiger partial charge in [-0.15, -0.1) is 0 Å². The van der Waals surface area contributed by atoms with E-state index in [0.717, 1.165) is 17.4 Å². The van der Waals surface area contributed by atoms with E-state index in [-0.39, 0.29) is 5.82 Å². The van der Waals surface area contributed by atoms with Gasteiger partial charge in [0.15, 0.2) is 6.23 Å². The van der Waals surface area contributed by atoms with Crippen LogP contribution in [0.5, 0.6) is 0 Å². The van der Waals surface area contributed by atoms with Crippen LogP contribution in [0.3, 0.4) is 0 Å². The smallest absolute Gasteiger partial charge is 0.412 e. The van der Waals surface area contributed by atoms with E-state index in [1.54, 1.807) is 6.92 Å². The second kappa shape index (κ2) is 6.95. The van der Waals surface area contributed by atoms with Gasteiger partial charge >= 0.3 is 11.8 Å². The molecule has 4 atom stereocenters. The molecule has 1 aliphatic heterocycles. The normalized spacial score (nSPS) is 28.6. The van der Waals surface area contributed by atoms with Crippen LogP contribution in [0.25, 0.3) is 6.08 Å². The highest BCUT2D eigenvalue weighted by Crippen LogP contribution is 2.30. The van der Waals surface area contributed by atoms with Gasteiger partial charge in [-0.25, -0.2) is 9.59 Å². The van der Waals surface area contributed by atoms with Crippen LogP contribution in [0.15, 0.2) is 17.6 Å². The van der Waals surface area contributed by atoms with Crippen molar-refractivity contribution in [3.63, 3.8) is 0 Å². The van der Waals surface area contributed by atoms with Gasteiger partial charge in [-0.2, -0.15) is 4.98 Å². The molecule has 2 fully saturated rings. The van der Waals surface area contributed by atoms with E-state index in [9.17, 15) is 19.8 Å². The molecule has 2 aliphatic rings. The molecule has 9 nitrogen and oxygen atoms in total. The fraction of sp³-hybridized carbons (Fsp3) is 0.562. The van der Waals surface area contributed by atoms with Crippen LogP contribution in [-0.4, -0.2) is 50.8 Å². The zero-order valence-electron chi connectivity index (χ0n) is 13.8. The number of carbonyl (C=O) groups is 1. The summed E-state index contributed by atoms with van der Waals surface area (Å²) in [6.45, 7) is 5.56. The molecule has 2 heterocycles. The Labute approximate surface area is 143 Å². The zero-order chi connectivity index (χ0) is 18.1. The van der Waals surface area contributed by atoms with Gasteiger partial charge in [0.25, 0.3) is 0 Å². The summed E-state index contributed by atoms with van der Waals surface area (Å²) in [5.41, 5.74) is -0.388. The minimum Gasteiger partial charge on any atom is -0.449 e. The Balaban J connectivity index is 1.79. The van der Waals surface area contributed by atoms with Gasteiger partial charge in [0.2, 0.25) is 0 Å². The first-order valence-corrected chi connectivity index (χ1v) is 8.11. The number of rotatable bonds is 5. The van der Waals surface area contributed by atoms with Gasteiger partial charge < -0.3 is 19.7 Å². The number of anilines is 1. The fourth-order valence-electron chi connectivity index (χ4n) is 2.58. The standard InChI is InChI=1S/C16H21N3O6/c1-3-10-6-19(14-12(21)11(20)8(2)25-14)15(22)17-13(10)18-16(23)24-7-9-4-5-9/h3,6,8-9,11-12,14,20-21H,1,4-5,7H2,2H3,(H,17,18,22,23)/t8-,11-,12-,14-/m1/s1. The second-order valence-corrected chi connectivity index (χ2v) is 6.32. The lowest BCUT2D eigenvalue weighted by atomic mass is 10.1. The molecule has 1 aromatic heterocycles. The summed E-state index contributed by atoms with van der Waals surface area (Å²) in [7, 11) is 0. The third-order valence-electron chi connectivity index (χ3n) is 4.32. The van der Waals surface area contributed by atoms with Crippen molar-refractivity contribution in [2.75, 3.05) is 11.9 Å². The first kappa shape index (κ1) is 17.6. The first-order chi connectivity index (χ1) is 11.9. The number of carbonyl (C=O) groups excluding carboxylic acids is 1. The number of amides is 1. The predicted molar refractivity (Wildman–Crippen MR) is 87.9 cm³/mol. The topological polar surface area (TPSA) is 123 Å². The molecule has 0 bridgehead atoms. The zero-order valence-corrected chi connectivity index (χ0v) is 13.8. The number of hydrogen-bond acceptors (Lipinski definition) is 7. The van der Waals surface area contributed by atoms with Crippen molar-refractivity contribution < 1.29 is 24.5 Å². The number of aliphatic hydroxyl groups is 2. The summed E-state index contributed by atoms with van der Waals surface area (Å²) in [5, 5.41) is 22.2. The molecule has 0 unspecified atom stereocenters. The Bertz CT molecular complexity index is 729. The molecule has 1 aliphatic carbocycles. The Morgan fingerprint density at radius 2 is 2.24 bits per heavy atom. The summed E-state index contributed by atoms with van der Waals surface area (Å²) < 4.78 is 11.5. The average Bonchev–Trinajstić information content (AvgIpc) is 3.37. The number of ether oxygens (including phenoxy) is 2. The van der Waals surface area contributed by atoms with Gasteiger partial charge in [-0.05, 0) is 25.7 Å². The van der Waals surface area contributed by atoms with E-state index in [1.807, 2.05) is 0 Å². The third-order valence-corrected chi connectivity index (χ3v) is 4.32. The molecule has 0 radical (unpaired) electrons. The number of hydrogen-bond donors (Lipinski definition) is 3. The molecule has 1 saturated carbocycles. The van der Waals surface area contributed by atoms with Crippen molar-refractivity contribution in [2.24, 2.45) is 5.92 Å². The fourth-order valence-corrected chi connectivity index (χ4v) is 2.58. The van der Waals surface area contributed by atoms with Crippen LogP contribution in [0.1, 0.15) is 31.6 Å². The van der Waals surface area contributed by atoms with Gasteiger partial charge in [0, 0.05) is 11.8 Å². The Morgan fingerprint density at radius 1 is 1.52 bits per heavy atom. The van der Waals surface area contributed by atoms with Crippen LogP contribution < -0.4 is 11.0 Å². The molecule has 0 aromatic carbocycles. The largest absolute Gasteiger partial charge is 0.449 e. The third kappa shape index (κ3) is 3.73. The van der Waals surface area contributed by atoms with E-state index in [1.165, 1.54) is 12.3 Å². The van der Waals surface area contributed by atoms with E-state index in [0.29, 0.717) is 18.1 Å². The minimum absolute atomic E-state index is 0.0122. The Kier molecular flexibility index (Phi) is 4.89. The maximum absolute atomic E-state index is 12.3. The molecule has 9 heteroatoms. The summed E-state index contributed by atoms with van der Waals surface area (Å²) in [6.07, 6.45) is 0.0856. The van der Waals surface area contributed by atoms with Crippen LogP contribution in [0.4, 0.5) is 10.6 Å². The number of nitrogens with zero attached hydrogens (tertiary/aromatic N) is 2. The number of nitrogens with one attached hydrogen (secondary N) is 1. The lowest BCUT2D eigenvalue weighted by molar-refractivity contribution is -0.0350. The van der Waals surface area contributed by atoms with E-state index < -0.39 is 36.3 Å². The minimum atomic E-state index is -1.27. The van der Waals surface area contributed by atoms with Crippen LogP contribution in [0, 0.1) is 5.92 Å². The van der Waals surface area contributed by atoms with Crippen molar-refractivity contribution in [2.45, 2.75) is 44.3 Å². The predicted octanol–water partition coefficient (Wildman–Crippen LogP) is 0.484. The molecular weight excluding hydrogens is 330 g/mol. The number of aliphatic hydroxyl groups excluding tert-OH is 2. The van der Waals surface area contributed by atoms with E-state index in [4.69, 9.17) is 9.47 Å². The lowest BCUT2D eigenvalue weighted by Crippen LogP contribution is -2.36. The molecule has 136 valence electrons. The quantitative estimate of drug-likeness (QED) is 0.705. The molecule has 3 rings (SSSR count). The van der Waals surface area contributed by atoms with Crippen molar-refractivity contribution in [3.8, 4) is 0 Å². The first-order valence-electron chi connectivity index (χ1n) is 8.11. The van der Waals surface area contributed by atoms with Crippen LogP contribution in [0.2, 0.25) is 0 Å². The maximum atomic E-state index is 12.3. The lowest BCUT2D eigenvalue weighted by Gasteiger charge is -2.18. The Morgan fingerprint density at radius 3 is 2.80 bits per heavy atom. The second-order valence-electron chi connectivity index (χ2n) is 6.32. The van der Waals surface area contributed by atoms with E-state index in [2.05, 4.69) is 16.9 Å². The van der Waals surface area contributed by atoms with Gasteiger partial charge in [0.1, 0.15) is 18.0 Å². The SMILES string of the molecule is C=Cc1cn([C@@H]2O[C@H](C)[C@@H](O)[C@H]2O)c(=O)nc1NC(=O)OCC1CC1. The monoisotopic (exact) mass is 351 g/mol. The van der Waals surface area contributed by atoms with E-state index >= 15 is 0 Å². The molecule has 25 heavy (non-hydrogen) atoms. The summed E-state index contributed by atoms with van der Waals surface area (Å²) in [5.74, 6) is 0.429. The molecule has 1 amide bonds. The highest BCUT2D eigenvalue weighted by atomic mass is 16.6. The summed E-state index contributed by atoms with van der Waals surface area (Å²) in [4.78, 5) is 27.9. The van der Waals surface area contributed by atoms with Crippen molar-refractivity contribution in [1.82, 2.24) is 9.55 Å². The summed E-state index contributed by atoms with van der Waals surface area (Å²) in [6, 6.07) is 0. The average molecular weight is 351 g/mol. The van der Waals surface area contributed by atoms with Crippen molar-refractivity contribution in [3.05, 3.63) is 28.8 Å².